The molecule has 7 nitrogen and oxygen atoms in total. The monoisotopic (exact) mass is 276 g/mol. The number of hydrogen-bond donors (Lipinski definition) is 2. The molecule has 1 fully saturated rings. The Morgan fingerprint density at radius 1 is 1.45 bits per heavy atom. The van der Waals surface area contributed by atoms with E-state index < -0.39 is 11.9 Å². The summed E-state index contributed by atoms with van der Waals surface area (Å²) < 4.78 is 9.91. The zero-order valence-electron chi connectivity index (χ0n) is 10.5. The Balaban J connectivity index is 1.63. The van der Waals surface area contributed by atoms with Crippen LogP contribution < -0.4 is 5.32 Å². The predicted octanol–water partition coefficient (Wildman–Crippen LogP) is 1.77. The summed E-state index contributed by atoms with van der Waals surface area (Å²) in [6, 6.07) is 3.13. The van der Waals surface area contributed by atoms with Gasteiger partial charge >= 0.3 is 5.97 Å². The second-order valence-corrected chi connectivity index (χ2v) is 4.65. The van der Waals surface area contributed by atoms with Crippen LogP contribution in [0.5, 0.6) is 0 Å². The summed E-state index contributed by atoms with van der Waals surface area (Å²) in [5.74, 6) is -0.639. The van der Waals surface area contributed by atoms with Gasteiger partial charge in [0.25, 0.3) is 5.91 Å². The summed E-state index contributed by atoms with van der Waals surface area (Å²) in [6.07, 6.45) is 3.40. The summed E-state index contributed by atoms with van der Waals surface area (Å²) in [4.78, 5) is 22.7. The van der Waals surface area contributed by atoms with E-state index >= 15 is 0 Å². The lowest BCUT2D eigenvalue weighted by Gasteiger charge is -2.01. The SMILES string of the molecule is O=C(NCc1ccoc1C(=O)O)c1cc(C2CC2)on1. The van der Waals surface area contributed by atoms with Crippen LogP contribution in [0.25, 0.3) is 0 Å². The van der Waals surface area contributed by atoms with E-state index in [9.17, 15) is 9.59 Å². The minimum absolute atomic E-state index is 0.0581. The zero-order chi connectivity index (χ0) is 14.1. The van der Waals surface area contributed by atoms with E-state index in [1.54, 1.807) is 6.07 Å². The fraction of sp³-hybridized carbons (Fsp3) is 0.308. The van der Waals surface area contributed by atoms with Gasteiger partial charge in [-0.3, -0.25) is 4.79 Å². The molecule has 2 aromatic heterocycles. The molecule has 3 rings (SSSR count). The lowest BCUT2D eigenvalue weighted by molar-refractivity contribution is 0.0659. The number of amides is 1. The van der Waals surface area contributed by atoms with E-state index in [2.05, 4.69) is 10.5 Å². The summed E-state index contributed by atoms with van der Waals surface area (Å²) in [6.45, 7) is 0.0581. The van der Waals surface area contributed by atoms with Gasteiger partial charge in [-0.15, -0.1) is 0 Å². The van der Waals surface area contributed by atoms with Gasteiger partial charge in [-0.1, -0.05) is 5.16 Å². The van der Waals surface area contributed by atoms with Crippen LogP contribution in [0, 0.1) is 0 Å². The van der Waals surface area contributed by atoms with Crippen molar-refractivity contribution in [1.29, 1.82) is 0 Å². The average Bonchev–Trinajstić information content (AvgIpc) is 2.98. The van der Waals surface area contributed by atoms with Crippen molar-refractivity contribution in [2.24, 2.45) is 0 Å². The van der Waals surface area contributed by atoms with Crippen LogP contribution in [0.4, 0.5) is 0 Å². The van der Waals surface area contributed by atoms with Crippen LogP contribution in [-0.2, 0) is 6.54 Å². The molecule has 104 valence electrons. The number of aromatic carboxylic acids is 1. The van der Waals surface area contributed by atoms with Crippen molar-refractivity contribution in [2.45, 2.75) is 25.3 Å². The number of carbonyl (C=O) groups excluding carboxylic acids is 1. The number of rotatable bonds is 5. The van der Waals surface area contributed by atoms with E-state index in [1.165, 1.54) is 12.3 Å². The molecular weight excluding hydrogens is 264 g/mol. The van der Waals surface area contributed by atoms with Crippen molar-refractivity contribution in [1.82, 2.24) is 10.5 Å². The number of carbonyl (C=O) groups is 2. The Hall–Kier alpha value is -2.57. The highest BCUT2D eigenvalue weighted by atomic mass is 16.5. The maximum atomic E-state index is 11.9. The summed E-state index contributed by atoms with van der Waals surface area (Å²) >= 11 is 0. The number of nitrogens with one attached hydrogen (secondary N) is 1. The van der Waals surface area contributed by atoms with Crippen LogP contribution in [0.1, 0.15) is 51.1 Å². The minimum Gasteiger partial charge on any atom is -0.475 e. The molecule has 2 heterocycles. The Morgan fingerprint density at radius 2 is 2.25 bits per heavy atom. The molecule has 0 saturated heterocycles. The molecule has 1 aliphatic rings. The second kappa shape index (κ2) is 4.84. The fourth-order valence-corrected chi connectivity index (χ4v) is 1.89. The van der Waals surface area contributed by atoms with Gasteiger partial charge in [-0.25, -0.2) is 4.79 Å². The molecule has 0 unspecified atom stereocenters. The molecule has 0 spiro atoms. The first-order valence-electron chi connectivity index (χ1n) is 6.19. The molecule has 2 N–H and O–H groups in total. The third kappa shape index (κ3) is 2.42. The Bertz CT molecular complexity index is 653. The molecule has 0 aliphatic heterocycles. The number of nitrogens with zero attached hydrogens (tertiary/aromatic N) is 1. The Morgan fingerprint density at radius 3 is 2.95 bits per heavy atom. The normalized spacial score (nSPS) is 14.2. The molecule has 0 radical (unpaired) electrons. The molecule has 1 saturated carbocycles. The average molecular weight is 276 g/mol. The first-order valence-corrected chi connectivity index (χ1v) is 6.19. The van der Waals surface area contributed by atoms with E-state index in [-0.39, 0.29) is 18.0 Å². The molecule has 0 bridgehead atoms. The molecule has 1 aliphatic carbocycles. The van der Waals surface area contributed by atoms with Crippen molar-refractivity contribution >= 4 is 11.9 Å². The topological polar surface area (TPSA) is 106 Å². The first kappa shape index (κ1) is 12.5. The standard InChI is InChI=1S/C13H12N2O5/c16-12(9-5-10(20-15-9)7-1-2-7)14-6-8-3-4-19-11(8)13(17)18/h3-5,7H,1-2,6H2,(H,14,16)(H,17,18). The van der Waals surface area contributed by atoms with Crippen molar-refractivity contribution in [2.75, 3.05) is 0 Å². The van der Waals surface area contributed by atoms with Crippen molar-refractivity contribution in [3.05, 3.63) is 41.2 Å². The highest BCUT2D eigenvalue weighted by Gasteiger charge is 2.28. The smallest absolute Gasteiger partial charge is 0.372 e. The van der Waals surface area contributed by atoms with Gasteiger partial charge in [-0.2, -0.15) is 0 Å². The zero-order valence-corrected chi connectivity index (χ0v) is 10.5. The van der Waals surface area contributed by atoms with Crippen LogP contribution in [0.15, 0.2) is 27.3 Å². The van der Waals surface area contributed by atoms with E-state index in [0.717, 1.165) is 18.6 Å². The van der Waals surface area contributed by atoms with Crippen molar-refractivity contribution in [3.63, 3.8) is 0 Å². The summed E-state index contributed by atoms with van der Waals surface area (Å²) in [5, 5.41) is 15.2. The van der Waals surface area contributed by atoms with E-state index in [1.807, 2.05) is 0 Å². The molecule has 20 heavy (non-hydrogen) atoms. The lowest BCUT2D eigenvalue weighted by atomic mass is 10.2. The predicted molar refractivity (Wildman–Crippen MR) is 65.3 cm³/mol. The Kier molecular flexibility index (Phi) is 3.02. The van der Waals surface area contributed by atoms with Crippen molar-refractivity contribution in [3.8, 4) is 0 Å². The minimum atomic E-state index is -1.17. The third-order valence-corrected chi connectivity index (χ3v) is 3.12. The highest BCUT2D eigenvalue weighted by Crippen LogP contribution is 2.40. The van der Waals surface area contributed by atoms with Gasteiger partial charge in [0.1, 0.15) is 5.76 Å². The van der Waals surface area contributed by atoms with Gasteiger partial charge in [0, 0.05) is 24.1 Å². The van der Waals surface area contributed by atoms with Gasteiger partial charge in [0.15, 0.2) is 5.69 Å². The van der Waals surface area contributed by atoms with Gasteiger partial charge in [0.2, 0.25) is 5.76 Å². The second-order valence-electron chi connectivity index (χ2n) is 4.65. The van der Waals surface area contributed by atoms with Gasteiger partial charge in [-0.05, 0) is 18.9 Å². The molecule has 1 amide bonds. The molecule has 2 aromatic rings. The van der Waals surface area contributed by atoms with Crippen molar-refractivity contribution < 1.29 is 23.6 Å². The quantitative estimate of drug-likeness (QED) is 0.862. The largest absolute Gasteiger partial charge is 0.475 e. The van der Waals surface area contributed by atoms with E-state index in [4.69, 9.17) is 14.0 Å². The van der Waals surface area contributed by atoms with Crippen LogP contribution in [-0.4, -0.2) is 22.1 Å². The summed E-state index contributed by atoms with van der Waals surface area (Å²) in [5.41, 5.74) is 0.601. The Labute approximate surface area is 113 Å². The maximum Gasteiger partial charge on any atom is 0.372 e. The molecule has 7 heteroatoms. The van der Waals surface area contributed by atoms with E-state index in [0.29, 0.717) is 11.5 Å². The number of aromatic nitrogens is 1. The van der Waals surface area contributed by atoms with Gasteiger partial charge in [0.05, 0.1) is 6.26 Å². The summed E-state index contributed by atoms with van der Waals surface area (Å²) in [7, 11) is 0. The number of furan rings is 1. The molecule has 0 atom stereocenters. The molecular formula is C13H12N2O5. The number of carboxylic acid groups (broad SMARTS) is 1. The van der Waals surface area contributed by atoms with Crippen LogP contribution in [0.3, 0.4) is 0 Å². The van der Waals surface area contributed by atoms with Crippen LogP contribution in [0.2, 0.25) is 0 Å². The lowest BCUT2D eigenvalue weighted by Crippen LogP contribution is -2.23. The number of carboxylic acids is 1. The van der Waals surface area contributed by atoms with Gasteiger partial charge < -0.3 is 19.4 Å². The fourth-order valence-electron chi connectivity index (χ4n) is 1.89. The first-order chi connectivity index (χ1) is 9.65. The molecule has 0 aromatic carbocycles. The van der Waals surface area contributed by atoms with Crippen LogP contribution >= 0.6 is 0 Å². The number of hydrogen-bond acceptors (Lipinski definition) is 5. The third-order valence-electron chi connectivity index (χ3n) is 3.12. The highest BCUT2D eigenvalue weighted by molar-refractivity contribution is 5.92. The maximum absolute atomic E-state index is 11.9.